The van der Waals surface area contributed by atoms with Gasteiger partial charge in [-0.15, -0.1) is 0 Å². The second-order valence-electron chi connectivity index (χ2n) is 4.01. The Kier molecular flexibility index (Phi) is 5.14. The maximum absolute atomic E-state index is 11.3. The molecule has 2 rings (SSSR count). The van der Waals surface area contributed by atoms with Crippen LogP contribution >= 0.6 is 31.9 Å². The minimum absolute atomic E-state index is 0.383. The van der Waals surface area contributed by atoms with Crippen LogP contribution in [0.25, 0.3) is 0 Å². The van der Waals surface area contributed by atoms with Gasteiger partial charge >= 0.3 is 5.97 Å². The number of pyridine rings is 1. The number of ether oxygens (including phenoxy) is 1. The summed E-state index contributed by atoms with van der Waals surface area (Å²) in [7, 11) is 1.35. The maximum atomic E-state index is 11.3. The van der Waals surface area contributed by atoms with Crippen LogP contribution in [0.2, 0.25) is 0 Å². The van der Waals surface area contributed by atoms with E-state index < -0.39 is 0 Å². The number of nitrogens with zero attached hydrogens (tertiary/aromatic N) is 1. The molecule has 0 aliphatic carbocycles. The lowest BCUT2D eigenvalue weighted by Gasteiger charge is -2.09. The number of carbonyl (C=O) groups excluding carboxylic acids is 1. The van der Waals surface area contributed by atoms with E-state index in [-0.39, 0.29) is 5.97 Å². The molecule has 0 amide bonds. The van der Waals surface area contributed by atoms with Crippen LogP contribution in [-0.4, -0.2) is 18.1 Å². The van der Waals surface area contributed by atoms with Crippen LogP contribution in [0.15, 0.2) is 45.5 Å². The number of anilines is 1. The van der Waals surface area contributed by atoms with Gasteiger partial charge in [-0.3, -0.25) is 4.98 Å². The first kappa shape index (κ1) is 15.0. The first-order valence-corrected chi connectivity index (χ1v) is 7.41. The van der Waals surface area contributed by atoms with Gasteiger partial charge < -0.3 is 10.1 Å². The maximum Gasteiger partial charge on any atom is 0.339 e. The van der Waals surface area contributed by atoms with Crippen molar-refractivity contribution in [2.24, 2.45) is 0 Å². The summed E-state index contributed by atoms with van der Waals surface area (Å²) in [4.78, 5) is 15.5. The van der Waals surface area contributed by atoms with Gasteiger partial charge in [0.1, 0.15) is 0 Å². The molecule has 0 saturated carbocycles. The van der Waals surface area contributed by atoms with Crippen LogP contribution in [0.4, 0.5) is 5.69 Å². The fourth-order valence-electron chi connectivity index (χ4n) is 1.59. The Morgan fingerprint density at radius 1 is 1.30 bits per heavy atom. The summed E-state index contributed by atoms with van der Waals surface area (Å²) in [5, 5.41) is 3.28. The average Bonchev–Trinajstić information content (AvgIpc) is 2.48. The Morgan fingerprint density at radius 3 is 2.75 bits per heavy atom. The highest BCUT2D eigenvalue weighted by atomic mass is 79.9. The van der Waals surface area contributed by atoms with Crippen molar-refractivity contribution in [2.75, 3.05) is 12.4 Å². The van der Waals surface area contributed by atoms with Crippen molar-refractivity contribution in [3.8, 4) is 0 Å². The molecule has 1 heterocycles. The fourth-order valence-corrected chi connectivity index (χ4v) is 2.33. The highest BCUT2D eigenvalue weighted by Crippen LogP contribution is 2.26. The minimum atomic E-state index is -0.383. The summed E-state index contributed by atoms with van der Waals surface area (Å²) in [5.74, 6) is -0.383. The number of hydrogen-bond acceptors (Lipinski definition) is 4. The van der Waals surface area contributed by atoms with Crippen LogP contribution in [0.5, 0.6) is 0 Å². The molecule has 0 fully saturated rings. The number of esters is 1. The van der Waals surface area contributed by atoms with Gasteiger partial charge in [0.2, 0.25) is 0 Å². The molecular weight excluding hydrogens is 388 g/mol. The van der Waals surface area contributed by atoms with Crippen molar-refractivity contribution in [3.63, 3.8) is 0 Å². The third-order valence-electron chi connectivity index (χ3n) is 2.63. The van der Waals surface area contributed by atoms with Crippen molar-refractivity contribution in [1.29, 1.82) is 0 Å². The number of methoxy groups -OCH3 is 1. The molecule has 0 aliphatic rings. The lowest BCUT2D eigenvalue weighted by molar-refractivity contribution is 0.0600. The molecule has 1 aromatic heterocycles. The first-order chi connectivity index (χ1) is 9.60. The lowest BCUT2D eigenvalue weighted by atomic mass is 10.2. The van der Waals surface area contributed by atoms with E-state index >= 15 is 0 Å². The van der Waals surface area contributed by atoms with E-state index in [0.717, 1.165) is 20.3 Å². The Bertz CT molecular complexity index is 615. The van der Waals surface area contributed by atoms with E-state index in [4.69, 9.17) is 0 Å². The number of nitrogens with one attached hydrogen (secondary N) is 1. The quantitative estimate of drug-likeness (QED) is 0.789. The van der Waals surface area contributed by atoms with Crippen molar-refractivity contribution in [1.82, 2.24) is 4.98 Å². The zero-order chi connectivity index (χ0) is 14.5. The lowest BCUT2D eigenvalue weighted by Crippen LogP contribution is -2.05. The van der Waals surface area contributed by atoms with Gasteiger partial charge in [-0.1, -0.05) is 15.9 Å². The van der Waals surface area contributed by atoms with Gasteiger partial charge in [0, 0.05) is 20.8 Å². The zero-order valence-corrected chi connectivity index (χ0v) is 13.9. The Hall–Kier alpha value is -1.40. The molecule has 0 aliphatic heterocycles. The molecule has 20 heavy (non-hydrogen) atoms. The third kappa shape index (κ3) is 3.80. The molecule has 2 aromatic rings. The van der Waals surface area contributed by atoms with Gasteiger partial charge in [0.15, 0.2) is 0 Å². The molecule has 0 atom stereocenters. The number of halogens is 2. The van der Waals surface area contributed by atoms with Gasteiger partial charge in [-0.2, -0.15) is 0 Å². The normalized spacial score (nSPS) is 10.2. The number of hydrogen-bond donors (Lipinski definition) is 1. The fraction of sp³-hybridized carbons (Fsp3) is 0.143. The molecule has 6 heteroatoms. The summed E-state index contributed by atoms with van der Waals surface area (Å²) in [5.41, 5.74) is 2.25. The van der Waals surface area contributed by atoms with E-state index in [1.54, 1.807) is 12.1 Å². The number of benzene rings is 1. The van der Waals surface area contributed by atoms with E-state index in [2.05, 4.69) is 46.9 Å². The summed E-state index contributed by atoms with van der Waals surface area (Å²) < 4.78 is 6.60. The number of aromatic nitrogens is 1. The van der Waals surface area contributed by atoms with Gasteiger partial charge in [0.25, 0.3) is 0 Å². The van der Waals surface area contributed by atoms with Crippen LogP contribution in [0.3, 0.4) is 0 Å². The monoisotopic (exact) mass is 398 g/mol. The van der Waals surface area contributed by atoms with Gasteiger partial charge in [-0.25, -0.2) is 4.79 Å². The Labute approximate surface area is 133 Å². The topological polar surface area (TPSA) is 51.2 Å². The third-order valence-corrected chi connectivity index (χ3v) is 3.82. The second-order valence-corrected chi connectivity index (χ2v) is 5.78. The predicted octanol–water partition coefficient (Wildman–Crippen LogP) is 4.01. The average molecular weight is 400 g/mol. The summed E-state index contributed by atoms with van der Waals surface area (Å²) >= 11 is 6.91. The molecule has 0 unspecified atom stereocenters. The number of rotatable bonds is 4. The standard InChI is InChI=1S/C14H12Br2N2O2/c1-20-14(19)9-2-4-11(17-7-9)8-18-13-6-10(15)3-5-12(13)16/h2-7,18H,8H2,1H3. The van der Waals surface area contributed by atoms with E-state index in [1.807, 2.05) is 18.2 Å². The van der Waals surface area contributed by atoms with E-state index in [0.29, 0.717) is 12.1 Å². The van der Waals surface area contributed by atoms with Crippen molar-refractivity contribution >= 4 is 43.5 Å². The van der Waals surface area contributed by atoms with Crippen LogP contribution < -0.4 is 5.32 Å². The van der Waals surface area contributed by atoms with E-state index in [1.165, 1.54) is 13.3 Å². The molecule has 0 spiro atoms. The smallest absolute Gasteiger partial charge is 0.339 e. The Morgan fingerprint density at radius 2 is 2.10 bits per heavy atom. The second kappa shape index (κ2) is 6.85. The van der Waals surface area contributed by atoms with Crippen molar-refractivity contribution in [3.05, 3.63) is 56.7 Å². The van der Waals surface area contributed by atoms with Crippen molar-refractivity contribution < 1.29 is 9.53 Å². The molecular formula is C14H12Br2N2O2. The van der Waals surface area contributed by atoms with E-state index in [9.17, 15) is 4.79 Å². The highest BCUT2D eigenvalue weighted by Gasteiger charge is 2.06. The molecule has 0 saturated heterocycles. The predicted molar refractivity (Wildman–Crippen MR) is 84.7 cm³/mol. The first-order valence-electron chi connectivity index (χ1n) is 5.82. The molecule has 0 radical (unpaired) electrons. The summed E-state index contributed by atoms with van der Waals surface area (Å²) in [6, 6.07) is 9.39. The van der Waals surface area contributed by atoms with Crippen LogP contribution in [0, 0.1) is 0 Å². The largest absolute Gasteiger partial charge is 0.465 e. The molecule has 4 nitrogen and oxygen atoms in total. The van der Waals surface area contributed by atoms with Crippen molar-refractivity contribution in [2.45, 2.75) is 6.54 Å². The molecule has 0 bridgehead atoms. The molecule has 1 N–H and O–H groups in total. The molecule has 104 valence electrons. The van der Waals surface area contributed by atoms with Gasteiger partial charge in [-0.05, 0) is 46.3 Å². The minimum Gasteiger partial charge on any atom is -0.465 e. The zero-order valence-electron chi connectivity index (χ0n) is 10.7. The summed E-state index contributed by atoms with van der Waals surface area (Å²) in [6.07, 6.45) is 1.51. The van der Waals surface area contributed by atoms with Crippen LogP contribution in [0.1, 0.15) is 16.1 Å². The SMILES string of the molecule is COC(=O)c1ccc(CNc2cc(Br)ccc2Br)nc1. The number of carbonyl (C=O) groups is 1. The van der Waals surface area contributed by atoms with Gasteiger partial charge in [0.05, 0.1) is 24.9 Å². The highest BCUT2D eigenvalue weighted by molar-refractivity contribution is 9.11. The molecule has 1 aromatic carbocycles. The summed E-state index contributed by atoms with van der Waals surface area (Å²) in [6.45, 7) is 0.566. The Balaban J connectivity index is 2.04. The van der Waals surface area contributed by atoms with Crippen LogP contribution in [-0.2, 0) is 11.3 Å².